The monoisotopic (exact) mass is 331 g/mol. The summed E-state index contributed by atoms with van der Waals surface area (Å²) in [6.45, 7) is -2.98. The van der Waals surface area contributed by atoms with Crippen LogP contribution in [0.25, 0.3) is 10.9 Å². The molecule has 0 atom stereocenters. The Hall–Kier alpha value is -1.76. The second-order valence-electron chi connectivity index (χ2n) is 3.44. The molecule has 0 aliphatic carbocycles. The molecule has 0 fully saturated rings. The first-order valence-corrected chi connectivity index (χ1v) is 6.31. The number of aromatic nitrogens is 1. The van der Waals surface area contributed by atoms with Gasteiger partial charge >= 0.3 is 12.6 Å². The summed E-state index contributed by atoms with van der Waals surface area (Å²) in [6, 6.07) is 7.66. The molecule has 0 amide bonds. The molecule has 7 heteroatoms. The van der Waals surface area contributed by atoms with E-state index in [0.29, 0.717) is 10.9 Å². The number of para-hydroxylation sites is 1. The highest BCUT2D eigenvalue weighted by Gasteiger charge is 2.16. The predicted octanol–water partition coefficient (Wildman–Crippen LogP) is 3.35. The third kappa shape index (κ3) is 3.17. The molecule has 1 aromatic carbocycles. The molecule has 0 radical (unpaired) electrons. The van der Waals surface area contributed by atoms with Gasteiger partial charge in [0, 0.05) is 11.5 Å². The number of halogens is 3. The number of esters is 1. The number of rotatable bonds is 4. The summed E-state index contributed by atoms with van der Waals surface area (Å²) in [5, 5.41) is 0.401. The number of hydrogen-bond donors (Lipinski definition) is 0. The van der Waals surface area contributed by atoms with Crippen molar-refractivity contribution in [2.45, 2.75) is 6.61 Å². The van der Waals surface area contributed by atoms with Crippen LogP contribution in [0.3, 0.4) is 0 Å². The van der Waals surface area contributed by atoms with E-state index < -0.39 is 12.6 Å². The molecule has 1 heterocycles. The summed E-state index contributed by atoms with van der Waals surface area (Å²) in [4.78, 5) is 15.6. The Morgan fingerprint density at radius 1 is 1.37 bits per heavy atom. The fourth-order valence-corrected chi connectivity index (χ4v) is 1.77. The maximum absolute atomic E-state index is 12.4. The van der Waals surface area contributed by atoms with Crippen molar-refractivity contribution in [3.63, 3.8) is 0 Å². The van der Waals surface area contributed by atoms with Gasteiger partial charge in [0.05, 0.1) is 5.52 Å². The summed E-state index contributed by atoms with van der Waals surface area (Å²) in [6.07, 6.45) is 0. The lowest BCUT2D eigenvalue weighted by molar-refractivity contribution is -0.0489. The Bertz CT molecular complexity index is 607. The topological polar surface area (TPSA) is 48.4 Å². The lowest BCUT2D eigenvalue weighted by Crippen LogP contribution is -2.09. The first-order valence-electron chi connectivity index (χ1n) is 5.19. The number of alkyl halides is 3. The number of carbonyl (C=O) groups is 1. The number of carbonyl (C=O) groups excluding carboxylic acids is 1. The van der Waals surface area contributed by atoms with Gasteiger partial charge in [0.15, 0.2) is 5.69 Å². The third-order valence-electron chi connectivity index (χ3n) is 2.29. The van der Waals surface area contributed by atoms with Crippen LogP contribution in [0.15, 0.2) is 30.3 Å². The van der Waals surface area contributed by atoms with Crippen LogP contribution in [0.5, 0.6) is 5.75 Å². The fourth-order valence-electron chi connectivity index (χ4n) is 1.57. The third-order valence-corrected chi connectivity index (χ3v) is 2.52. The highest BCUT2D eigenvalue weighted by atomic mass is 79.9. The van der Waals surface area contributed by atoms with E-state index in [4.69, 9.17) is 4.74 Å². The molecule has 2 rings (SSSR count). The van der Waals surface area contributed by atoms with Crippen LogP contribution in [0, 0.1) is 0 Å². The molecule has 0 spiro atoms. The van der Waals surface area contributed by atoms with Crippen LogP contribution in [0.2, 0.25) is 0 Å². The molecule has 2 aromatic rings. The maximum Gasteiger partial charge on any atom is 0.387 e. The van der Waals surface area contributed by atoms with E-state index in [1.807, 2.05) is 0 Å². The molecule has 4 nitrogen and oxygen atoms in total. The lowest BCUT2D eigenvalue weighted by atomic mass is 10.2. The van der Waals surface area contributed by atoms with Crippen molar-refractivity contribution in [3.8, 4) is 5.75 Å². The number of fused-ring (bicyclic) bond motifs is 1. The van der Waals surface area contributed by atoms with E-state index in [-0.39, 0.29) is 17.0 Å². The zero-order chi connectivity index (χ0) is 13.8. The average Bonchev–Trinajstić information content (AvgIpc) is 2.38. The van der Waals surface area contributed by atoms with Crippen LogP contribution in [0.4, 0.5) is 8.78 Å². The molecule has 19 heavy (non-hydrogen) atoms. The SMILES string of the molecule is O=C(OCBr)c1cc(OC(F)F)c2ccccc2n1. The van der Waals surface area contributed by atoms with Crippen LogP contribution in [0.1, 0.15) is 10.5 Å². The van der Waals surface area contributed by atoms with Crippen LogP contribution < -0.4 is 4.74 Å². The Balaban J connectivity index is 2.53. The van der Waals surface area contributed by atoms with Gasteiger partial charge in [-0.15, -0.1) is 0 Å². The Labute approximate surface area is 115 Å². The number of benzene rings is 1. The zero-order valence-electron chi connectivity index (χ0n) is 9.48. The van der Waals surface area contributed by atoms with Gasteiger partial charge in [-0.1, -0.05) is 12.1 Å². The minimum atomic E-state index is -2.98. The normalized spacial score (nSPS) is 10.7. The quantitative estimate of drug-likeness (QED) is 0.636. The predicted molar refractivity (Wildman–Crippen MR) is 67.6 cm³/mol. The molecular formula is C12H8BrF2NO3. The molecule has 0 aliphatic rings. The molecule has 0 bridgehead atoms. The van der Waals surface area contributed by atoms with Gasteiger partial charge in [0.25, 0.3) is 0 Å². The van der Waals surface area contributed by atoms with Crippen molar-refractivity contribution in [1.82, 2.24) is 4.98 Å². The molecule has 0 aliphatic heterocycles. The van der Waals surface area contributed by atoms with Crippen molar-refractivity contribution in [2.24, 2.45) is 0 Å². The van der Waals surface area contributed by atoms with Crippen molar-refractivity contribution in [1.29, 1.82) is 0 Å². The summed E-state index contributed by atoms with van der Waals surface area (Å²) in [5.41, 5.74) is 0.279. The molecule has 100 valence electrons. The van der Waals surface area contributed by atoms with Crippen molar-refractivity contribution >= 4 is 32.8 Å². The fraction of sp³-hybridized carbons (Fsp3) is 0.167. The van der Waals surface area contributed by atoms with Gasteiger partial charge in [-0.2, -0.15) is 8.78 Å². The largest absolute Gasteiger partial charge is 0.449 e. The minimum absolute atomic E-state index is 0.00855. The zero-order valence-corrected chi connectivity index (χ0v) is 11.1. The summed E-state index contributed by atoms with van der Waals surface area (Å²) in [5.74, 6) is -0.830. The van der Waals surface area contributed by atoms with Gasteiger partial charge in [0.2, 0.25) is 0 Å². The van der Waals surface area contributed by atoms with Crippen LogP contribution in [-0.4, -0.2) is 23.1 Å². The number of pyridine rings is 1. The second kappa shape index (κ2) is 5.92. The minimum Gasteiger partial charge on any atom is -0.449 e. The van der Waals surface area contributed by atoms with Gasteiger partial charge in [-0.25, -0.2) is 9.78 Å². The highest BCUT2D eigenvalue weighted by molar-refractivity contribution is 9.09. The van der Waals surface area contributed by atoms with Gasteiger partial charge in [0.1, 0.15) is 11.3 Å². The molecular weight excluding hydrogens is 324 g/mol. The van der Waals surface area contributed by atoms with Crippen LogP contribution >= 0.6 is 15.9 Å². The summed E-state index contributed by atoms with van der Waals surface area (Å²) in [7, 11) is 0. The lowest BCUT2D eigenvalue weighted by Gasteiger charge is -2.09. The maximum atomic E-state index is 12.4. The molecule has 0 N–H and O–H groups in total. The highest BCUT2D eigenvalue weighted by Crippen LogP contribution is 2.27. The van der Waals surface area contributed by atoms with Crippen molar-refractivity contribution < 1.29 is 23.0 Å². The molecule has 0 saturated carbocycles. The van der Waals surface area contributed by atoms with E-state index in [1.165, 1.54) is 0 Å². The van der Waals surface area contributed by atoms with Crippen LogP contribution in [-0.2, 0) is 4.74 Å². The van der Waals surface area contributed by atoms with E-state index in [1.54, 1.807) is 24.3 Å². The van der Waals surface area contributed by atoms with Gasteiger partial charge in [-0.3, -0.25) is 0 Å². The van der Waals surface area contributed by atoms with E-state index in [0.717, 1.165) is 6.07 Å². The Morgan fingerprint density at radius 3 is 2.79 bits per heavy atom. The Kier molecular flexibility index (Phi) is 4.26. The van der Waals surface area contributed by atoms with E-state index in [9.17, 15) is 13.6 Å². The van der Waals surface area contributed by atoms with Crippen molar-refractivity contribution in [3.05, 3.63) is 36.0 Å². The number of nitrogens with zero attached hydrogens (tertiary/aromatic N) is 1. The summed E-state index contributed by atoms with van der Waals surface area (Å²) >= 11 is 2.93. The standard InChI is InChI=1S/C12H8BrF2NO3/c13-6-18-11(17)9-5-10(19-12(14)15)7-3-1-2-4-8(7)16-9/h1-5,12H,6H2. The summed E-state index contributed by atoms with van der Waals surface area (Å²) < 4.78 is 33.8. The first kappa shape index (κ1) is 13.7. The molecule has 1 aromatic heterocycles. The Morgan fingerprint density at radius 2 is 2.11 bits per heavy atom. The molecule has 0 saturated heterocycles. The average molecular weight is 332 g/mol. The second-order valence-corrected chi connectivity index (χ2v) is 3.90. The van der Waals surface area contributed by atoms with Gasteiger partial charge < -0.3 is 9.47 Å². The van der Waals surface area contributed by atoms with E-state index >= 15 is 0 Å². The van der Waals surface area contributed by atoms with Gasteiger partial charge in [-0.05, 0) is 28.1 Å². The van der Waals surface area contributed by atoms with Crippen molar-refractivity contribution in [2.75, 3.05) is 5.52 Å². The molecule has 0 unspecified atom stereocenters. The smallest absolute Gasteiger partial charge is 0.387 e. The first-order chi connectivity index (χ1) is 9.11. The van der Waals surface area contributed by atoms with E-state index in [2.05, 4.69) is 25.7 Å². The number of ether oxygens (including phenoxy) is 2. The number of hydrogen-bond acceptors (Lipinski definition) is 4.